The van der Waals surface area contributed by atoms with Crippen LogP contribution >= 0.6 is 12.2 Å². The number of aldehydes is 1. The van der Waals surface area contributed by atoms with Gasteiger partial charge in [-0.3, -0.25) is 19.4 Å². The molecule has 2 aliphatic heterocycles. The van der Waals surface area contributed by atoms with Gasteiger partial charge in [0.05, 0.1) is 35.9 Å². The molecule has 68 heavy (non-hydrogen) atoms. The number of hydrogen-bond donors (Lipinski definition) is 5. The number of quaternary nitrogens is 1. The molecule has 0 saturated carbocycles. The summed E-state index contributed by atoms with van der Waals surface area (Å²) in [5.41, 5.74) is 5.89. The smallest absolute Gasteiger partial charge is 0.268 e. The van der Waals surface area contributed by atoms with Gasteiger partial charge in [-0.25, -0.2) is 8.78 Å². The van der Waals surface area contributed by atoms with E-state index >= 15 is 0 Å². The number of pyridine rings is 1. The average Bonchev–Trinajstić information content (AvgIpc) is 3.66. The zero-order valence-electron chi connectivity index (χ0n) is 39.1. The molecule has 366 valence electrons. The van der Waals surface area contributed by atoms with E-state index in [9.17, 15) is 37.5 Å². The second kappa shape index (κ2) is 26.7. The first kappa shape index (κ1) is 54.8. The monoisotopic (exact) mass is 1020 g/mol. The number of hydrogen-bond acceptors (Lipinski definition) is 14. The maximum atomic E-state index is 13.5. The molecule has 2 aliphatic rings. The van der Waals surface area contributed by atoms with Crippen LogP contribution in [-0.4, -0.2) is 178 Å². The number of carbonyl (C=O) groups is 6. The predicted octanol–water partition coefficient (Wildman–Crippen LogP) is 2.60. The first-order valence-electron chi connectivity index (χ1n) is 22.3. The molecule has 2 atom stereocenters. The number of carbonyl (C=O) groups excluding carboxylic acids is 6. The second-order valence-electron chi connectivity index (χ2n) is 16.5. The molecule has 5 N–H and O–H groups in total. The third-order valence-electron chi connectivity index (χ3n) is 11.7. The van der Waals surface area contributed by atoms with Gasteiger partial charge >= 0.3 is 202 Å². The average molecular weight is 1020 g/mol. The fourth-order valence-corrected chi connectivity index (χ4v) is 12.6. The Labute approximate surface area is 406 Å². The Morgan fingerprint density at radius 1 is 1.03 bits per heavy atom. The standard InChI is InChI=1S/C26H41N6O6S.C18H17F2N5O2.CH3.Ga/c1-4-27-17-24(35)37-20-38-25(36)18-28-14-15-32(3,5-2)19-21-8-10-22(11-9-21)31-26(39)30-13-12-29-23(34)7-6-16-33;1-22-14-4-2-3-12-13(5-6-23-16(12)14)17(27)24-9-15(26)25-10-18(19,20)7-11(25)8-21;;/h8-11,16H,4-7,12-15,17-20H2,1-3H3,(H,29,34)(H2,30,31,39);2-6,11,22H,7,9-10H2,1H3,(H,24,27);1H3;/q-1;;;+2. The van der Waals surface area contributed by atoms with Gasteiger partial charge in [0.1, 0.15) is 12.3 Å². The molecule has 0 bridgehead atoms. The van der Waals surface area contributed by atoms with Crippen molar-refractivity contribution >= 4 is 92.3 Å². The van der Waals surface area contributed by atoms with Crippen molar-refractivity contribution in [1.82, 2.24) is 33.0 Å². The van der Waals surface area contributed by atoms with Gasteiger partial charge in [-0.2, -0.15) is 5.26 Å². The third kappa shape index (κ3) is 16.8. The summed E-state index contributed by atoms with van der Waals surface area (Å²) in [6, 6.07) is 15.5. The molecule has 0 spiro atoms. The van der Waals surface area contributed by atoms with Gasteiger partial charge in [-0.05, 0) is 12.1 Å². The topological polar surface area (TPSA) is 227 Å². The predicted molar refractivity (Wildman–Crippen MR) is 256 cm³/mol. The van der Waals surface area contributed by atoms with Crippen LogP contribution in [0.5, 0.6) is 0 Å². The maximum Gasteiger partial charge on any atom is 0.268 e. The number of likely N-dealkylation sites (tertiary alicyclic amines) is 1. The van der Waals surface area contributed by atoms with E-state index in [2.05, 4.69) is 70.4 Å². The van der Waals surface area contributed by atoms with Crippen LogP contribution in [0.2, 0.25) is 5.48 Å². The number of nitrogens with one attached hydrogen (secondary N) is 5. The Hall–Kier alpha value is -5.77. The van der Waals surface area contributed by atoms with E-state index < -0.39 is 60.0 Å². The number of thiocarbonyl (C=S) groups is 1. The second-order valence-corrected chi connectivity index (χ2v) is 22.6. The summed E-state index contributed by atoms with van der Waals surface area (Å²) in [5, 5.41) is 24.4. The van der Waals surface area contributed by atoms with Crippen molar-refractivity contribution < 1.29 is 51.5 Å². The fourth-order valence-electron chi connectivity index (χ4n) is 7.53. The van der Waals surface area contributed by atoms with Gasteiger partial charge in [0.15, 0.2) is 0 Å². The molecule has 0 aliphatic carbocycles. The number of nitrogens with zero attached hydrogens (tertiary/aromatic N) is 6. The van der Waals surface area contributed by atoms with Crippen molar-refractivity contribution in [2.75, 3.05) is 97.0 Å². The fraction of sp³-hybridized carbons (Fsp3) is 0.489. The third-order valence-corrected chi connectivity index (χ3v) is 18.4. The number of halogens is 2. The Morgan fingerprint density at radius 2 is 1.72 bits per heavy atom. The van der Waals surface area contributed by atoms with Gasteiger partial charge in [-0.1, -0.05) is 12.1 Å². The number of para-hydroxylation sites is 1. The number of rotatable bonds is 18. The molecule has 1 aromatic heterocycles. The largest absolute Gasteiger partial charge is 0.386 e. The summed E-state index contributed by atoms with van der Waals surface area (Å²) in [5.74, 6) is -5.23. The molecule has 5 rings (SSSR count). The molecule has 2 aromatic carbocycles. The molecule has 3 heterocycles. The van der Waals surface area contributed by atoms with Crippen molar-refractivity contribution in [2.24, 2.45) is 0 Å². The summed E-state index contributed by atoms with van der Waals surface area (Å²) in [6.07, 6.45) is 1.93. The molecular weight excluding hydrogens is 962 g/mol. The number of aromatic nitrogens is 1. The van der Waals surface area contributed by atoms with Crippen molar-refractivity contribution in [3.8, 4) is 6.07 Å². The Morgan fingerprint density at radius 3 is 2.37 bits per heavy atom. The van der Waals surface area contributed by atoms with Crippen molar-refractivity contribution in [3.05, 3.63) is 65.9 Å². The number of ether oxygens (including phenoxy) is 2. The van der Waals surface area contributed by atoms with E-state index in [1.165, 1.54) is 17.8 Å². The van der Waals surface area contributed by atoms with Gasteiger partial charge in [0, 0.05) is 51.0 Å². The van der Waals surface area contributed by atoms with Crippen LogP contribution < -0.4 is 26.6 Å². The van der Waals surface area contributed by atoms with E-state index in [0.717, 1.165) is 59.8 Å². The molecule has 2 saturated heterocycles. The van der Waals surface area contributed by atoms with E-state index in [-0.39, 0.29) is 50.6 Å². The van der Waals surface area contributed by atoms with E-state index in [1.54, 1.807) is 25.2 Å². The number of fused-ring (bicyclic) bond motifs is 1. The van der Waals surface area contributed by atoms with Crippen molar-refractivity contribution in [1.29, 1.82) is 5.26 Å². The molecule has 3 aromatic rings. The zero-order chi connectivity index (χ0) is 49.9. The Bertz CT molecular complexity index is 2290. The number of amides is 3. The van der Waals surface area contributed by atoms with Crippen LogP contribution in [0.25, 0.3) is 10.9 Å². The minimum absolute atomic E-state index is 0.159. The first-order valence-corrected chi connectivity index (χ1v) is 27.3. The number of anilines is 2. The molecular formula is C45H61F2GaN11O8S+. The number of alkyl halides is 2. The molecule has 19 nitrogen and oxygen atoms in total. The molecule has 3 amide bonds. The number of benzene rings is 2. The molecule has 2 fully saturated rings. The van der Waals surface area contributed by atoms with Gasteiger partial charge in [0.2, 0.25) is 11.8 Å². The van der Waals surface area contributed by atoms with E-state index in [1.807, 2.05) is 25.1 Å². The summed E-state index contributed by atoms with van der Waals surface area (Å²) < 4.78 is 42.3. The summed E-state index contributed by atoms with van der Waals surface area (Å²) in [6.45, 7) is 7.97. The van der Waals surface area contributed by atoms with Gasteiger partial charge < -0.3 is 25.6 Å². The maximum absolute atomic E-state index is 13.5. The molecule has 0 radical (unpaired) electrons. The van der Waals surface area contributed by atoms with Crippen LogP contribution in [0.4, 0.5) is 20.2 Å². The van der Waals surface area contributed by atoms with Crippen LogP contribution in [0, 0.1) is 11.3 Å². The number of cyclic esters (lactones) is 2. The molecule has 2 unspecified atom stereocenters. The van der Waals surface area contributed by atoms with Gasteiger partial charge in [-0.15, -0.1) is 0 Å². The minimum Gasteiger partial charge on any atom is -0.386 e. The van der Waals surface area contributed by atoms with E-state index in [0.29, 0.717) is 34.7 Å². The molecule has 23 heteroatoms. The first-order chi connectivity index (χ1) is 32.4. The van der Waals surface area contributed by atoms with Crippen molar-refractivity contribution in [3.63, 3.8) is 0 Å². The SMILES string of the molecule is CC[N]1CC(=O)OCOC(=O)C[N](CC[N+](C)(CC)Cc2ccc(NC(=S)NCCNC(=O)CCC=O)cc2)[Ga]1[CH3].CNc1cccc2c(C(=O)NCC(=O)N3CC(F)(F)CC3C#N)ccnc12. The number of nitriles is 1. The summed E-state index contributed by atoms with van der Waals surface area (Å²) >= 11 is 3.03. The van der Waals surface area contributed by atoms with Crippen LogP contribution in [0.3, 0.4) is 0 Å². The quantitative estimate of drug-likeness (QED) is 0.0308. The Balaban J connectivity index is 0.000000321. The van der Waals surface area contributed by atoms with Crippen LogP contribution in [0.15, 0.2) is 54.7 Å². The Kier molecular flexibility index (Phi) is 21.5. The minimum atomic E-state index is -3.09. The number of esters is 2. The number of likely N-dealkylation sites (N-methyl/N-ethyl adjacent to an activating group) is 2. The zero-order valence-corrected chi connectivity index (χ0v) is 42.4. The van der Waals surface area contributed by atoms with Crippen LogP contribution in [-0.2, 0) is 40.0 Å². The van der Waals surface area contributed by atoms with Gasteiger partial charge in [0.25, 0.3) is 11.8 Å². The summed E-state index contributed by atoms with van der Waals surface area (Å²) in [7, 11) is 3.95. The van der Waals surface area contributed by atoms with E-state index in [4.69, 9.17) is 27.0 Å². The summed E-state index contributed by atoms with van der Waals surface area (Å²) in [4.78, 5) is 76.2. The normalized spacial score (nSPS) is 17.2. The van der Waals surface area contributed by atoms with Crippen LogP contribution in [0.1, 0.15) is 49.0 Å². The van der Waals surface area contributed by atoms with Crippen molar-refractivity contribution in [2.45, 2.75) is 57.1 Å².